The molecule has 12 N–H and O–H groups in total. The van der Waals surface area contributed by atoms with Crippen molar-refractivity contribution in [3.05, 3.63) is 0 Å². The van der Waals surface area contributed by atoms with Gasteiger partial charge in [0.2, 0.25) is 17.8 Å². The Balaban J connectivity index is 3.35. The van der Waals surface area contributed by atoms with Crippen LogP contribution in [0.4, 0.5) is 17.8 Å². The van der Waals surface area contributed by atoms with Crippen molar-refractivity contribution >= 4 is 56.0 Å². The molecule has 0 aromatic carbocycles. The van der Waals surface area contributed by atoms with Crippen molar-refractivity contribution in [2.75, 3.05) is 29.8 Å². The van der Waals surface area contributed by atoms with Crippen LogP contribution in [0.15, 0.2) is 0 Å². The molecule has 0 aliphatic carbocycles. The first-order valence-electron chi connectivity index (χ1n) is 16.1. The Hall–Kier alpha value is -2.39. The maximum absolute atomic E-state index is 11.2. The lowest BCUT2D eigenvalue weighted by atomic mass is 10.1. The van der Waals surface area contributed by atoms with Gasteiger partial charge in [0.1, 0.15) is 49.9 Å². The highest BCUT2D eigenvalue weighted by Crippen LogP contribution is 2.24. The number of aliphatic hydroxyl groups excluding tert-OH is 5. The zero-order valence-electron chi connectivity index (χ0n) is 28.9. The van der Waals surface area contributed by atoms with Gasteiger partial charge < -0.3 is 55.0 Å². The molecule has 0 aliphatic heterocycles. The largest absolute Gasteiger partial charge is 0.760 e. The van der Waals surface area contributed by atoms with Crippen molar-refractivity contribution in [1.82, 2.24) is 29.1 Å². The van der Waals surface area contributed by atoms with Gasteiger partial charge in [-0.05, 0) is 70.6 Å². The fourth-order valence-corrected chi connectivity index (χ4v) is 6.06. The zero-order valence-corrected chi connectivity index (χ0v) is 31.4. The van der Waals surface area contributed by atoms with E-state index in [0.717, 1.165) is 4.90 Å². The van der Waals surface area contributed by atoms with Crippen LogP contribution in [0.25, 0.3) is 0 Å². The van der Waals surface area contributed by atoms with Gasteiger partial charge in [0.25, 0.3) is 0 Å². The van der Waals surface area contributed by atoms with Gasteiger partial charge in [0, 0.05) is 31.9 Å². The van der Waals surface area contributed by atoms with Gasteiger partial charge in [0.15, 0.2) is 0 Å². The highest BCUT2D eigenvalue weighted by Gasteiger charge is 2.28. The number of nitrogens with one attached hydrogen (secondary N) is 5. The summed E-state index contributed by atoms with van der Waals surface area (Å²) in [6.45, 7) is 0. The monoisotopic (exact) mass is 828 g/mol. The topological polar surface area (TPSA) is 388 Å². The summed E-state index contributed by atoms with van der Waals surface area (Å²) in [6.07, 6.45) is -8.92. The third-order valence-electron chi connectivity index (χ3n) is 7.06. The number of anilines is 3. The minimum atomic E-state index is -4.68. The highest BCUT2D eigenvalue weighted by molar-refractivity contribution is 7.84. The van der Waals surface area contributed by atoms with Crippen molar-refractivity contribution < 1.29 is 74.5 Å². The molecule has 1 aromatic rings. The predicted octanol–water partition coefficient (Wildman–Crippen LogP) is -2.91. The molecule has 53 heavy (non-hydrogen) atoms. The smallest absolute Gasteiger partial charge is 0.335 e. The van der Waals surface area contributed by atoms with E-state index in [1.165, 1.54) is 14.2 Å². The highest BCUT2D eigenvalue weighted by atomic mass is 32.2. The van der Waals surface area contributed by atoms with Crippen molar-refractivity contribution in [1.29, 1.82) is 0 Å². The Bertz CT molecular complexity index is 1450. The van der Waals surface area contributed by atoms with Gasteiger partial charge in [-0.3, -0.25) is 18.2 Å². The second-order valence-corrected chi connectivity index (χ2v) is 14.4. The second kappa shape index (κ2) is 24.9. The Morgan fingerprint density at radius 1 is 0.717 bits per heavy atom. The molecule has 1 rings (SSSR count). The average Bonchev–Trinajstić information content (AvgIpc) is 3.02. The van der Waals surface area contributed by atoms with E-state index in [0.29, 0.717) is 6.29 Å². The van der Waals surface area contributed by atoms with E-state index < -0.39 is 81.4 Å². The normalized spacial score (nSPS) is 16.9. The number of rotatable bonds is 31. The van der Waals surface area contributed by atoms with E-state index in [-0.39, 0.29) is 88.9 Å². The molecule has 310 valence electrons. The van der Waals surface area contributed by atoms with Gasteiger partial charge in [-0.15, -0.1) is 0 Å². The van der Waals surface area contributed by atoms with Crippen molar-refractivity contribution in [3.8, 4) is 0 Å². The first-order chi connectivity index (χ1) is 24.8. The first-order valence-corrected chi connectivity index (χ1v) is 20.0. The average molecular weight is 829 g/mol. The van der Waals surface area contributed by atoms with Gasteiger partial charge in [-0.2, -0.15) is 41.2 Å². The molecular weight excluding hydrogens is 779 g/mol. The van der Waals surface area contributed by atoms with E-state index in [1.807, 2.05) is 4.72 Å². The predicted molar refractivity (Wildman–Crippen MR) is 184 cm³/mol. The third kappa shape index (κ3) is 22.6. The number of hydrogen-bond donors (Lipinski definition) is 12. The van der Waals surface area contributed by atoms with Crippen LogP contribution in [0.2, 0.25) is 0 Å². The molecule has 28 heteroatoms. The lowest BCUT2D eigenvalue weighted by molar-refractivity contribution is -0.108. The maximum Gasteiger partial charge on any atom is 0.335 e. The molecule has 25 nitrogen and oxygen atoms in total. The number of carbonyl (C=O) groups excluding carboxylic acids is 1. The van der Waals surface area contributed by atoms with Crippen LogP contribution in [0, 0.1) is 0 Å². The molecule has 0 radical (unpaired) electrons. The van der Waals surface area contributed by atoms with E-state index in [1.54, 1.807) is 4.72 Å². The van der Waals surface area contributed by atoms with Crippen molar-refractivity contribution in [3.63, 3.8) is 0 Å². The third-order valence-corrected chi connectivity index (χ3v) is 8.65. The minimum absolute atomic E-state index is 0.00602. The molecule has 8 unspecified atom stereocenters. The molecule has 0 spiro atoms. The van der Waals surface area contributed by atoms with Crippen LogP contribution in [0.3, 0.4) is 0 Å². The molecule has 1 heterocycles. The summed E-state index contributed by atoms with van der Waals surface area (Å²) in [5, 5.41) is 58.5. The number of aromatic nitrogens is 3. The summed E-state index contributed by atoms with van der Waals surface area (Å²) in [5.74, 6) is -1.09. The molecule has 1 aromatic heterocycles. The Morgan fingerprint density at radius 3 is 1.64 bits per heavy atom. The Kier molecular flexibility index (Phi) is 22.8. The fourth-order valence-electron chi connectivity index (χ4n) is 4.62. The van der Waals surface area contributed by atoms with E-state index in [2.05, 4.69) is 30.3 Å². The fraction of sp³-hybridized carbons (Fsp3) is 0.840. The summed E-state index contributed by atoms with van der Waals surface area (Å²) < 4.78 is 99.4. The summed E-state index contributed by atoms with van der Waals surface area (Å²) in [4.78, 5) is 24.4. The number of methoxy groups -OCH3 is 2. The van der Waals surface area contributed by atoms with Gasteiger partial charge in [-0.1, -0.05) is 0 Å². The molecule has 0 saturated carbocycles. The van der Waals surface area contributed by atoms with Gasteiger partial charge in [0.05, 0.1) is 0 Å². The lowest BCUT2D eigenvalue weighted by Gasteiger charge is -2.33. The van der Waals surface area contributed by atoms with Gasteiger partial charge in [-0.25, -0.2) is 4.72 Å². The second-order valence-electron chi connectivity index (χ2n) is 11.4. The summed E-state index contributed by atoms with van der Waals surface area (Å²) in [7, 11) is -6.83. The maximum atomic E-state index is 11.2. The van der Waals surface area contributed by atoms with Crippen molar-refractivity contribution in [2.24, 2.45) is 0 Å². The number of aliphatic hydroxyl groups is 5. The van der Waals surface area contributed by atoms with Crippen LogP contribution in [-0.4, -0.2) is 139 Å². The van der Waals surface area contributed by atoms with Crippen LogP contribution < -0.4 is 29.7 Å². The Labute approximate surface area is 309 Å². The standard InChI is InChI=1S/C25H51N9O16S3/c1-49-19(31-51(41)42)11-6-9-17(37)27-24-28-23(26-16(36)8-5-10-18(38)32-52(43,44)45)29-25(30-24)34(21(39)13-3-4-15-35)22(40)14-7-12-20(50-2)33-53(46,47)48/h15-22,31-33,36-40H,3-14H2,1-2H3,(H,41,42)(H,43,44,45)(H,46,47,48)(H2,26,27,28,29,30)/p-1. The molecule has 0 fully saturated rings. The molecule has 0 aliphatic rings. The van der Waals surface area contributed by atoms with Crippen LogP contribution in [0.5, 0.6) is 0 Å². The number of hydrogen-bond acceptors (Lipinski definition) is 20. The van der Waals surface area contributed by atoms with Crippen LogP contribution in [0.1, 0.15) is 77.0 Å². The quantitative estimate of drug-likeness (QED) is 0.0117. The van der Waals surface area contributed by atoms with Gasteiger partial charge >= 0.3 is 20.6 Å². The van der Waals surface area contributed by atoms with Crippen LogP contribution >= 0.6 is 0 Å². The summed E-state index contributed by atoms with van der Waals surface area (Å²) in [5.41, 5.74) is 0. The lowest BCUT2D eigenvalue weighted by Crippen LogP contribution is -2.45. The zero-order chi connectivity index (χ0) is 40.2. The van der Waals surface area contributed by atoms with E-state index in [4.69, 9.17) is 18.6 Å². The molecular formula is C25H50N9O16S3-. The van der Waals surface area contributed by atoms with Crippen molar-refractivity contribution in [2.45, 2.75) is 121 Å². The van der Waals surface area contributed by atoms with E-state index >= 15 is 0 Å². The first kappa shape index (κ1) is 48.6. The number of unbranched alkanes of at least 4 members (excludes halogenated alkanes) is 1. The van der Waals surface area contributed by atoms with Crippen LogP contribution in [-0.2, 0) is 46.1 Å². The summed E-state index contributed by atoms with van der Waals surface area (Å²) in [6, 6.07) is 0. The molecule has 0 bridgehead atoms. The number of ether oxygens (including phenoxy) is 2. The SMILES string of the molecule is COC(CCCC(O)Nc1nc(NC(O)CCCC(O)NS(=O)(=O)O)nc(N(C(O)CCCC=O)C(O)CCCC(NS(=O)(=O)O)OC)n1)NS(=O)[O-]. The van der Waals surface area contributed by atoms with E-state index in [9.17, 15) is 55.9 Å². The number of nitrogens with zero attached hydrogens (tertiary/aromatic N) is 4. The molecule has 0 amide bonds. The number of aldehydes is 1. The Morgan fingerprint density at radius 2 is 1.17 bits per heavy atom. The molecule has 8 atom stereocenters. The summed E-state index contributed by atoms with van der Waals surface area (Å²) >= 11 is -2.60. The minimum Gasteiger partial charge on any atom is -0.760 e. The molecule has 0 saturated heterocycles. The number of carbonyl (C=O) groups is 1.